The number of carbonyl (C=O) groups is 1. The van der Waals surface area contributed by atoms with Crippen LogP contribution in [0, 0.1) is 0 Å². The summed E-state index contributed by atoms with van der Waals surface area (Å²) < 4.78 is 4.85. The molecule has 0 atom stereocenters. The van der Waals surface area contributed by atoms with Crippen molar-refractivity contribution in [3.8, 4) is 0 Å². The van der Waals surface area contributed by atoms with Crippen molar-refractivity contribution in [1.29, 1.82) is 0 Å². The third kappa shape index (κ3) is 2.84. The summed E-state index contributed by atoms with van der Waals surface area (Å²) in [6, 6.07) is 1.76. The van der Waals surface area contributed by atoms with Gasteiger partial charge in [0.05, 0.1) is 12.0 Å². The number of aromatic nitrogens is 2. The zero-order chi connectivity index (χ0) is 13.8. The highest BCUT2D eigenvalue weighted by Crippen LogP contribution is 2.10. The smallest absolute Gasteiger partial charge is 0.343 e. The Balaban J connectivity index is 2.55. The second-order valence-corrected chi connectivity index (χ2v) is 4.72. The first kappa shape index (κ1) is 13.7. The lowest BCUT2D eigenvalue weighted by atomic mass is 10.1. The van der Waals surface area contributed by atoms with Gasteiger partial charge in [-0.3, -0.25) is 4.79 Å². The van der Waals surface area contributed by atoms with Crippen molar-refractivity contribution in [2.45, 2.75) is 13.3 Å². The van der Waals surface area contributed by atoms with Gasteiger partial charge in [0.25, 0.3) is 0 Å². The molecule has 2 heterocycles. The Kier molecular flexibility index (Phi) is 4.31. The first-order chi connectivity index (χ1) is 9.17. The van der Waals surface area contributed by atoms with E-state index < -0.39 is 5.97 Å². The van der Waals surface area contributed by atoms with E-state index in [1.165, 1.54) is 6.20 Å². The number of alkyl halides is 1. The van der Waals surface area contributed by atoms with Crippen molar-refractivity contribution in [2.24, 2.45) is 0 Å². The van der Waals surface area contributed by atoms with E-state index in [0.29, 0.717) is 11.0 Å². The first-order valence-electron chi connectivity index (χ1n) is 5.90. The van der Waals surface area contributed by atoms with E-state index in [9.17, 15) is 9.59 Å². The lowest BCUT2D eigenvalue weighted by Crippen LogP contribution is -2.18. The quantitative estimate of drug-likeness (QED) is 0.690. The third-order valence-electron chi connectivity index (χ3n) is 2.67. The maximum atomic E-state index is 12.2. The molecule has 100 valence electrons. The van der Waals surface area contributed by atoms with E-state index >= 15 is 0 Å². The van der Waals surface area contributed by atoms with Crippen LogP contribution in [0.5, 0.6) is 0 Å². The number of fused-ring (bicyclic) bond motifs is 1. The molecule has 0 saturated carbocycles. The average Bonchev–Trinajstić information content (AvgIpc) is 2.40. The summed E-state index contributed by atoms with van der Waals surface area (Å²) in [4.78, 5) is 30.9. The predicted octanol–water partition coefficient (Wildman–Crippen LogP) is 2.04. The molecule has 2 aromatic rings. The van der Waals surface area contributed by atoms with Crippen LogP contribution < -0.4 is 5.43 Å². The molecule has 5 nitrogen and oxygen atoms in total. The van der Waals surface area contributed by atoms with Gasteiger partial charge in [-0.25, -0.2) is 9.78 Å². The minimum atomic E-state index is -0.614. The third-order valence-corrected chi connectivity index (χ3v) is 3.06. The van der Waals surface area contributed by atoms with E-state index in [4.69, 9.17) is 4.74 Å². The minimum Gasteiger partial charge on any atom is -0.462 e. The summed E-state index contributed by atoms with van der Waals surface area (Å²) in [5.41, 5.74) is 1.07. The molecular weight excluding hydrogens is 312 g/mol. The molecule has 0 fully saturated rings. The molecular formula is C13H13BrN2O3. The van der Waals surface area contributed by atoms with Gasteiger partial charge < -0.3 is 9.72 Å². The maximum Gasteiger partial charge on any atom is 0.343 e. The molecule has 0 aliphatic heterocycles. The van der Waals surface area contributed by atoms with Crippen LogP contribution in [0.1, 0.15) is 22.8 Å². The summed E-state index contributed by atoms with van der Waals surface area (Å²) in [7, 11) is 0. The minimum absolute atomic E-state index is 0.00661. The van der Waals surface area contributed by atoms with Crippen molar-refractivity contribution in [2.75, 3.05) is 11.9 Å². The molecule has 19 heavy (non-hydrogen) atoms. The summed E-state index contributed by atoms with van der Waals surface area (Å²) in [6.07, 6.45) is 3.83. The Morgan fingerprint density at radius 3 is 3.00 bits per heavy atom. The van der Waals surface area contributed by atoms with Crippen LogP contribution in [0.15, 0.2) is 23.3 Å². The predicted molar refractivity (Wildman–Crippen MR) is 75.8 cm³/mol. The fraction of sp³-hybridized carbons (Fsp3) is 0.308. The lowest BCUT2D eigenvalue weighted by molar-refractivity contribution is 0.0524. The van der Waals surface area contributed by atoms with Crippen molar-refractivity contribution in [1.82, 2.24) is 9.97 Å². The van der Waals surface area contributed by atoms with E-state index in [2.05, 4.69) is 25.9 Å². The van der Waals surface area contributed by atoms with Crippen LogP contribution in [0.2, 0.25) is 0 Å². The number of esters is 1. The highest BCUT2D eigenvalue weighted by Gasteiger charge is 2.14. The van der Waals surface area contributed by atoms with Gasteiger partial charge >= 0.3 is 5.97 Å². The summed E-state index contributed by atoms with van der Waals surface area (Å²) in [5.74, 6) is -0.614. The fourth-order valence-corrected chi connectivity index (χ4v) is 2.21. The van der Waals surface area contributed by atoms with Crippen LogP contribution in [-0.2, 0) is 11.2 Å². The Morgan fingerprint density at radius 1 is 1.53 bits per heavy atom. The molecule has 0 saturated heterocycles. The molecule has 2 aromatic heterocycles. The fourth-order valence-electron chi connectivity index (χ4n) is 1.75. The number of rotatable bonds is 4. The second-order valence-electron chi connectivity index (χ2n) is 3.93. The van der Waals surface area contributed by atoms with Gasteiger partial charge in [0.2, 0.25) is 5.43 Å². The molecule has 6 heteroatoms. The number of halogens is 1. The Labute approximate surface area is 118 Å². The molecule has 0 unspecified atom stereocenters. The highest BCUT2D eigenvalue weighted by molar-refractivity contribution is 9.09. The molecule has 0 amide bonds. The van der Waals surface area contributed by atoms with Gasteiger partial charge in [-0.1, -0.05) is 15.9 Å². The van der Waals surface area contributed by atoms with E-state index in [1.54, 1.807) is 19.2 Å². The number of hydrogen-bond donors (Lipinski definition) is 1. The number of H-pyrrole nitrogens is 1. The average molecular weight is 325 g/mol. The van der Waals surface area contributed by atoms with Crippen LogP contribution in [0.4, 0.5) is 0 Å². The SMILES string of the molecule is CCOC(=O)c1c[nH]c2ncc(CCBr)cc2c1=O. The number of aromatic amines is 1. The number of nitrogens with one attached hydrogen (secondary N) is 1. The second kappa shape index (κ2) is 5.97. The number of nitrogens with zero attached hydrogens (tertiary/aromatic N) is 1. The molecule has 0 aliphatic carbocycles. The molecule has 0 aliphatic rings. The molecule has 0 radical (unpaired) electrons. The highest BCUT2D eigenvalue weighted by atomic mass is 79.9. The Hall–Kier alpha value is -1.69. The molecule has 0 spiro atoms. The van der Waals surface area contributed by atoms with Gasteiger partial charge in [0.1, 0.15) is 11.2 Å². The van der Waals surface area contributed by atoms with Gasteiger partial charge in [-0.05, 0) is 25.0 Å². The summed E-state index contributed by atoms with van der Waals surface area (Å²) >= 11 is 3.34. The standard InChI is InChI=1S/C13H13BrN2O3/c1-2-19-13(18)10-7-16-12-9(11(10)17)5-8(3-4-14)6-15-12/h5-7H,2-4H2,1H3,(H,15,16,17). The summed E-state index contributed by atoms with van der Waals surface area (Å²) in [6.45, 7) is 1.93. The Morgan fingerprint density at radius 2 is 2.32 bits per heavy atom. The number of pyridine rings is 2. The van der Waals surface area contributed by atoms with Crippen LogP contribution in [0.25, 0.3) is 11.0 Å². The van der Waals surface area contributed by atoms with Gasteiger partial charge in [-0.2, -0.15) is 0 Å². The largest absolute Gasteiger partial charge is 0.462 e. The normalized spacial score (nSPS) is 10.6. The zero-order valence-electron chi connectivity index (χ0n) is 10.4. The Bertz CT molecular complexity index is 666. The van der Waals surface area contributed by atoms with E-state index in [-0.39, 0.29) is 17.6 Å². The molecule has 0 bridgehead atoms. The van der Waals surface area contributed by atoms with Crippen molar-refractivity contribution >= 4 is 32.9 Å². The van der Waals surface area contributed by atoms with Gasteiger partial charge in [-0.15, -0.1) is 0 Å². The molecule has 2 rings (SSSR count). The number of aryl methyl sites for hydroxylation is 1. The van der Waals surface area contributed by atoms with E-state index in [1.807, 2.05) is 0 Å². The molecule has 0 aromatic carbocycles. The molecule has 1 N–H and O–H groups in total. The zero-order valence-corrected chi connectivity index (χ0v) is 12.0. The number of ether oxygens (including phenoxy) is 1. The van der Waals surface area contributed by atoms with Gasteiger partial charge in [0.15, 0.2) is 0 Å². The lowest BCUT2D eigenvalue weighted by Gasteiger charge is -2.04. The van der Waals surface area contributed by atoms with Crippen molar-refractivity contribution < 1.29 is 9.53 Å². The number of hydrogen-bond acceptors (Lipinski definition) is 4. The van der Waals surface area contributed by atoms with E-state index in [0.717, 1.165) is 17.3 Å². The van der Waals surface area contributed by atoms with Crippen LogP contribution in [0.3, 0.4) is 0 Å². The van der Waals surface area contributed by atoms with Crippen LogP contribution >= 0.6 is 15.9 Å². The first-order valence-corrected chi connectivity index (χ1v) is 7.03. The van der Waals surface area contributed by atoms with Gasteiger partial charge in [0, 0.05) is 17.7 Å². The topological polar surface area (TPSA) is 72.1 Å². The van der Waals surface area contributed by atoms with Crippen molar-refractivity contribution in [3.63, 3.8) is 0 Å². The van der Waals surface area contributed by atoms with Crippen LogP contribution in [-0.4, -0.2) is 27.9 Å². The monoisotopic (exact) mass is 324 g/mol. The van der Waals surface area contributed by atoms with Crippen molar-refractivity contribution in [3.05, 3.63) is 39.8 Å². The maximum absolute atomic E-state index is 12.2. The number of carbonyl (C=O) groups excluding carboxylic acids is 1. The summed E-state index contributed by atoms with van der Waals surface area (Å²) in [5, 5.41) is 1.19.